The monoisotopic (exact) mass is 460 g/mol. The van der Waals surface area contributed by atoms with E-state index in [0.717, 1.165) is 16.9 Å². The van der Waals surface area contributed by atoms with Gasteiger partial charge in [-0.05, 0) is 29.8 Å². The third-order valence-electron chi connectivity index (χ3n) is 4.78. The van der Waals surface area contributed by atoms with E-state index in [2.05, 4.69) is 20.6 Å². The summed E-state index contributed by atoms with van der Waals surface area (Å²) in [6, 6.07) is 11.1. The number of halogens is 4. The van der Waals surface area contributed by atoms with Crippen LogP contribution in [0.1, 0.15) is 33.5 Å². The predicted octanol–water partition coefficient (Wildman–Crippen LogP) is 4.19. The van der Waals surface area contributed by atoms with Crippen LogP contribution < -0.4 is 5.32 Å². The van der Waals surface area contributed by atoms with Crippen molar-refractivity contribution in [3.8, 4) is 5.69 Å². The average Bonchev–Trinajstić information content (AvgIpc) is 3.41. The van der Waals surface area contributed by atoms with Crippen LogP contribution in [0, 0.1) is 0 Å². The van der Waals surface area contributed by atoms with Crippen LogP contribution in [0.4, 0.5) is 13.2 Å². The highest BCUT2D eigenvalue weighted by molar-refractivity contribution is 6.30. The van der Waals surface area contributed by atoms with Crippen molar-refractivity contribution in [3.05, 3.63) is 94.8 Å². The number of amides is 1. The van der Waals surface area contributed by atoms with E-state index >= 15 is 0 Å². The molecule has 4 rings (SSSR count). The molecule has 0 spiro atoms. The molecule has 0 radical (unpaired) electrons. The summed E-state index contributed by atoms with van der Waals surface area (Å²) in [5.41, 5.74) is -0.546. The summed E-state index contributed by atoms with van der Waals surface area (Å²) in [7, 11) is 1.78. The number of imidazole rings is 1. The highest BCUT2D eigenvalue weighted by Gasteiger charge is 2.34. The van der Waals surface area contributed by atoms with Gasteiger partial charge in [-0.1, -0.05) is 41.1 Å². The Hall–Kier alpha value is -3.66. The molecule has 0 unspecified atom stereocenters. The summed E-state index contributed by atoms with van der Waals surface area (Å²) in [6.07, 6.45) is -0.108. The van der Waals surface area contributed by atoms with Crippen molar-refractivity contribution >= 4 is 17.5 Å². The zero-order chi connectivity index (χ0) is 22.9. The van der Waals surface area contributed by atoms with Gasteiger partial charge in [0.1, 0.15) is 11.9 Å². The number of alkyl halides is 3. The van der Waals surface area contributed by atoms with Crippen molar-refractivity contribution in [1.29, 1.82) is 0 Å². The Kier molecular flexibility index (Phi) is 5.70. The maximum atomic E-state index is 13.3. The fourth-order valence-corrected chi connectivity index (χ4v) is 3.34. The molecule has 0 bridgehead atoms. The van der Waals surface area contributed by atoms with E-state index in [0.29, 0.717) is 16.4 Å². The van der Waals surface area contributed by atoms with E-state index in [1.807, 2.05) is 0 Å². The molecule has 1 N–H and O–H groups in total. The van der Waals surface area contributed by atoms with E-state index < -0.39 is 23.7 Å². The Bertz CT molecular complexity index is 1250. The summed E-state index contributed by atoms with van der Waals surface area (Å²) in [5.74, 6) is -0.0702. The first-order chi connectivity index (χ1) is 15.2. The SMILES string of the molecule is Cn1ccnc1[C@@H](NC(=O)c1cn(-c2ccccc2C(F)(F)F)nn1)c1ccc(Cl)cc1. The Labute approximate surface area is 185 Å². The molecule has 1 atom stereocenters. The molecule has 1 amide bonds. The van der Waals surface area contributed by atoms with Crippen LogP contribution in [-0.2, 0) is 13.2 Å². The van der Waals surface area contributed by atoms with Crippen LogP contribution >= 0.6 is 11.6 Å². The average molecular weight is 461 g/mol. The lowest BCUT2D eigenvalue weighted by atomic mass is 10.1. The largest absolute Gasteiger partial charge is 0.418 e. The Morgan fingerprint density at radius 1 is 1.12 bits per heavy atom. The smallest absolute Gasteiger partial charge is 0.337 e. The van der Waals surface area contributed by atoms with Gasteiger partial charge in [0, 0.05) is 24.5 Å². The summed E-state index contributed by atoms with van der Waals surface area (Å²) in [4.78, 5) is 17.2. The molecule has 164 valence electrons. The van der Waals surface area contributed by atoms with Crippen LogP contribution in [0.2, 0.25) is 5.02 Å². The van der Waals surface area contributed by atoms with Gasteiger partial charge in [-0.2, -0.15) is 13.2 Å². The number of hydrogen-bond acceptors (Lipinski definition) is 4. The van der Waals surface area contributed by atoms with Crippen LogP contribution in [0.3, 0.4) is 0 Å². The number of carbonyl (C=O) groups is 1. The minimum Gasteiger partial charge on any atom is -0.337 e. The summed E-state index contributed by atoms with van der Waals surface area (Å²) >= 11 is 5.97. The van der Waals surface area contributed by atoms with Gasteiger partial charge in [-0.15, -0.1) is 5.10 Å². The number of benzene rings is 2. The second-order valence-electron chi connectivity index (χ2n) is 6.92. The minimum absolute atomic E-state index is 0.143. The van der Waals surface area contributed by atoms with Crippen LogP contribution in [-0.4, -0.2) is 30.5 Å². The highest BCUT2D eigenvalue weighted by atomic mass is 35.5. The van der Waals surface area contributed by atoms with Crippen molar-refractivity contribution in [1.82, 2.24) is 29.9 Å². The second kappa shape index (κ2) is 8.46. The maximum absolute atomic E-state index is 13.3. The first kappa shape index (κ1) is 21.6. The minimum atomic E-state index is -4.58. The number of carbonyl (C=O) groups excluding carboxylic acids is 1. The number of para-hydroxylation sites is 1. The van der Waals surface area contributed by atoms with Gasteiger partial charge in [0.25, 0.3) is 5.91 Å². The molecule has 0 aliphatic heterocycles. The number of aryl methyl sites for hydroxylation is 1. The predicted molar refractivity (Wildman–Crippen MR) is 110 cm³/mol. The van der Waals surface area contributed by atoms with Gasteiger partial charge < -0.3 is 9.88 Å². The molecule has 4 aromatic rings. The van der Waals surface area contributed by atoms with E-state index in [4.69, 9.17) is 11.6 Å². The van der Waals surface area contributed by atoms with Gasteiger partial charge in [0.2, 0.25) is 0 Å². The maximum Gasteiger partial charge on any atom is 0.418 e. The van der Waals surface area contributed by atoms with Crippen LogP contribution in [0.15, 0.2) is 67.1 Å². The molecule has 0 saturated carbocycles. The molecule has 32 heavy (non-hydrogen) atoms. The van der Waals surface area contributed by atoms with Gasteiger partial charge in [-0.3, -0.25) is 4.79 Å². The Morgan fingerprint density at radius 2 is 1.84 bits per heavy atom. The normalized spacial score (nSPS) is 12.5. The molecule has 11 heteroatoms. The van der Waals surface area contributed by atoms with Crippen molar-refractivity contribution in [2.24, 2.45) is 7.05 Å². The quantitative estimate of drug-likeness (QED) is 0.484. The summed E-state index contributed by atoms with van der Waals surface area (Å²) in [6.45, 7) is 0. The fraction of sp³-hybridized carbons (Fsp3) is 0.143. The lowest BCUT2D eigenvalue weighted by Crippen LogP contribution is -2.31. The van der Waals surface area contributed by atoms with Crippen molar-refractivity contribution in [2.45, 2.75) is 12.2 Å². The van der Waals surface area contributed by atoms with Crippen LogP contribution in [0.5, 0.6) is 0 Å². The Morgan fingerprint density at radius 3 is 2.50 bits per heavy atom. The Balaban J connectivity index is 1.64. The number of aromatic nitrogens is 5. The molecule has 7 nitrogen and oxygen atoms in total. The molecule has 2 aromatic carbocycles. The number of nitrogens with one attached hydrogen (secondary N) is 1. The number of rotatable bonds is 5. The fourth-order valence-electron chi connectivity index (χ4n) is 3.21. The van der Waals surface area contributed by atoms with Crippen molar-refractivity contribution < 1.29 is 18.0 Å². The molecule has 2 aromatic heterocycles. The third kappa shape index (κ3) is 4.35. The summed E-state index contributed by atoms with van der Waals surface area (Å²) in [5, 5.41) is 10.8. The van der Waals surface area contributed by atoms with E-state index in [9.17, 15) is 18.0 Å². The lowest BCUT2D eigenvalue weighted by molar-refractivity contribution is -0.137. The molecule has 0 aliphatic carbocycles. The molecule has 0 fully saturated rings. The standard InChI is InChI=1S/C21H16ClF3N6O/c1-30-11-10-26-19(30)18(13-6-8-14(22)9-7-13)27-20(32)16-12-31(29-28-16)17-5-3-2-4-15(17)21(23,24)25/h2-12,18H,1H3,(H,27,32)/t18-/m0/s1. The molecular weight excluding hydrogens is 445 g/mol. The van der Waals surface area contributed by atoms with Crippen molar-refractivity contribution in [2.75, 3.05) is 0 Å². The first-order valence-corrected chi connectivity index (χ1v) is 9.74. The zero-order valence-corrected chi connectivity index (χ0v) is 17.3. The van der Waals surface area contributed by atoms with Gasteiger partial charge in [0.05, 0.1) is 17.4 Å². The third-order valence-corrected chi connectivity index (χ3v) is 5.03. The highest BCUT2D eigenvalue weighted by Crippen LogP contribution is 2.33. The molecule has 0 saturated heterocycles. The molecule has 0 aliphatic rings. The summed E-state index contributed by atoms with van der Waals surface area (Å²) < 4.78 is 42.6. The van der Waals surface area contributed by atoms with Gasteiger partial charge >= 0.3 is 6.18 Å². The number of hydrogen-bond donors (Lipinski definition) is 1. The zero-order valence-electron chi connectivity index (χ0n) is 16.6. The van der Waals surface area contributed by atoms with E-state index in [1.54, 1.807) is 48.3 Å². The van der Waals surface area contributed by atoms with E-state index in [1.165, 1.54) is 18.2 Å². The topological polar surface area (TPSA) is 77.6 Å². The van der Waals surface area contributed by atoms with Crippen LogP contribution in [0.25, 0.3) is 5.69 Å². The first-order valence-electron chi connectivity index (χ1n) is 9.36. The number of nitrogens with zero attached hydrogens (tertiary/aromatic N) is 5. The van der Waals surface area contributed by atoms with E-state index in [-0.39, 0.29) is 11.4 Å². The van der Waals surface area contributed by atoms with Crippen molar-refractivity contribution in [3.63, 3.8) is 0 Å². The molecular formula is C21H16ClF3N6O. The molecule has 2 heterocycles. The van der Waals surface area contributed by atoms with Gasteiger partial charge in [0.15, 0.2) is 5.69 Å². The lowest BCUT2D eigenvalue weighted by Gasteiger charge is -2.18. The van der Waals surface area contributed by atoms with Gasteiger partial charge in [-0.25, -0.2) is 9.67 Å². The second-order valence-corrected chi connectivity index (χ2v) is 7.35.